The smallest absolute Gasteiger partial charge is 0.383 e. The van der Waals surface area contributed by atoms with E-state index in [0.717, 1.165) is 13.2 Å². The Morgan fingerprint density at radius 1 is 1.32 bits per heavy atom. The number of aryl methyl sites for hydroxylation is 1. The molecule has 1 rings (SSSR count). The average Bonchev–Trinajstić information content (AvgIpc) is 2.57. The van der Waals surface area contributed by atoms with E-state index in [1.54, 1.807) is 0 Å². The summed E-state index contributed by atoms with van der Waals surface area (Å²) in [5, 5.41) is 12.1. The lowest BCUT2D eigenvalue weighted by Gasteiger charge is -2.14. The average molecular weight is 308 g/mol. The molecule has 0 unspecified atom stereocenters. The van der Waals surface area contributed by atoms with Crippen LogP contribution in [0.5, 0.6) is 0 Å². The van der Waals surface area contributed by atoms with E-state index in [-0.39, 0.29) is 11.3 Å². The molecule has 0 radical (unpaired) electrons. The summed E-state index contributed by atoms with van der Waals surface area (Å²) in [5.74, 6) is -1.04. The van der Waals surface area contributed by atoms with Crippen molar-refractivity contribution in [2.45, 2.75) is 24.2 Å². The first-order valence-electron chi connectivity index (χ1n) is 4.94. The standard InChI is InChI=1S/C9H10F6N2OS/c1-17-7(9(13,14)15)5(2-16-17)3-19-4-6(18)8(10,11)12/h2,6,18H,3-4H2,1H3/t6-/m0/s1. The third kappa shape index (κ3) is 4.30. The second kappa shape index (κ2) is 5.61. The van der Waals surface area contributed by atoms with Crippen LogP contribution in [0.2, 0.25) is 0 Å². The van der Waals surface area contributed by atoms with Crippen molar-refractivity contribution in [1.29, 1.82) is 0 Å². The second-order valence-corrected chi connectivity index (χ2v) is 4.74. The summed E-state index contributed by atoms with van der Waals surface area (Å²) in [6.07, 6.45) is -11.0. The van der Waals surface area contributed by atoms with Crippen LogP contribution in [0.15, 0.2) is 6.20 Å². The van der Waals surface area contributed by atoms with Gasteiger partial charge in [0.05, 0.1) is 6.20 Å². The molecule has 1 N–H and O–H groups in total. The molecule has 1 aromatic rings. The van der Waals surface area contributed by atoms with Crippen molar-refractivity contribution in [1.82, 2.24) is 9.78 Å². The van der Waals surface area contributed by atoms with Crippen LogP contribution in [0.25, 0.3) is 0 Å². The van der Waals surface area contributed by atoms with Crippen LogP contribution < -0.4 is 0 Å². The minimum absolute atomic E-state index is 0.214. The zero-order valence-electron chi connectivity index (χ0n) is 9.59. The van der Waals surface area contributed by atoms with E-state index >= 15 is 0 Å². The molecule has 0 fully saturated rings. The molecule has 0 bridgehead atoms. The third-order valence-corrected chi connectivity index (χ3v) is 3.26. The molecule has 3 nitrogen and oxygen atoms in total. The van der Waals surface area contributed by atoms with Gasteiger partial charge in [0.2, 0.25) is 0 Å². The molecule has 1 heterocycles. The molecule has 1 atom stereocenters. The number of aromatic nitrogens is 2. The van der Waals surface area contributed by atoms with E-state index in [2.05, 4.69) is 5.10 Å². The Morgan fingerprint density at radius 2 is 1.89 bits per heavy atom. The molecule has 0 saturated heterocycles. The van der Waals surface area contributed by atoms with E-state index in [9.17, 15) is 26.3 Å². The first-order chi connectivity index (χ1) is 8.53. The van der Waals surface area contributed by atoms with Crippen molar-refractivity contribution in [2.75, 3.05) is 5.75 Å². The van der Waals surface area contributed by atoms with Gasteiger partial charge in [0.15, 0.2) is 6.10 Å². The number of thioether (sulfide) groups is 1. The monoisotopic (exact) mass is 308 g/mol. The van der Waals surface area contributed by atoms with Gasteiger partial charge in [0.1, 0.15) is 5.69 Å². The van der Waals surface area contributed by atoms with Gasteiger partial charge in [-0.1, -0.05) is 0 Å². The maximum atomic E-state index is 12.6. The molecule has 0 saturated carbocycles. The SMILES string of the molecule is Cn1ncc(CSC[C@H](O)C(F)(F)F)c1C(F)(F)F. The highest BCUT2D eigenvalue weighted by Crippen LogP contribution is 2.33. The van der Waals surface area contributed by atoms with Crippen LogP contribution >= 0.6 is 11.8 Å². The van der Waals surface area contributed by atoms with Crippen molar-refractivity contribution in [3.63, 3.8) is 0 Å². The van der Waals surface area contributed by atoms with E-state index in [0.29, 0.717) is 16.4 Å². The normalized spacial score (nSPS) is 14.7. The maximum absolute atomic E-state index is 12.6. The Kier molecular flexibility index (Phi) is 4.77. The molecule has 0 aliphatic rings. The highest BCUT2D eigenvalue weighted by Gasteiger charge is 2.39. The minimum atomic E-state index is -4.77. The number of rotatable bonds is 4. The van der Waals surface area contributed by atoms with Gasteiger partial charge in [-0.2, -0.15) is 43.2 Å². The highest BCUT2D eigenvalue weighted by atomic mass is 32.2. The van der Waals surface area contributed by atoms with Gasteiger partial charge < -0.3 is 5.11 Å². The number of aliphatic hydroxyl groups excluding tert-OH is 1. The van der Waals surface area contributed by atoms with Gasteiger partial charge in [0, 0.05) is 24.1 Å². The van der Waals surface area contributed by atoms with E-state index in [4.69, 9.17) is 5.11 Å². The highest BCUT2D eigenvalue weighted by molar-refractivity contribution is 7.98. The molecule has 1 aromatic heterocycles. The Labute approximate surface area is 108 Å². The number of alkyl halides is 6. The molecule has 19 heavy (non-hydrogen) atoms. The molecule has 0 spiro atoms. The largest absolute Gasteiger partial charge is 0.433 e. The molecular weight excluding hydrogens is 298 g/mol. The molecule has 0 aliphatic heterocycles. The molecule has 110 valence electrons. The maximum Gasteiger partial charge on any atom is 0.433 e. The molecule has 10 heteroatoms. The summed E-state index contributed by atoms with van der Waals surface area (Å²) in [6, 6.07) is 0. The number of halogens is 6. The van der Waals surface area contributed by atoms with E-state index in [1.807, 2.05) is 0 Å². The summed E-state index contributed by atoms with van der Waals surface area (Å²) in [6.45, 7) is 0. The molecule has 0 amide bonds. The van der Waals surface area contributed by atoms with Crippen LogP contribution in [-0.4, -0.2) is 32.9 Å². The summed E-state index contributed by atoms with van der Waals surface area (Å²) >= 11 is 0.562. The summed E-state index contributed by atoms with van der Waals surface area (Å²) in [5.41, 5.74) is -1.21. The van der Waals surface area contributed by atoms with Crippen molar-refractivity contribution in [3.8, 4) is 0 Å². The van der Waals surface area contributed by atoms with Crippen molar-refractivity contribution >= 4 is 11.8 Å². The number of hydrogen-bond donors (Lipinski definition) is 1. The predicted molar refractivity (Wildman–Crippen MR) is 56.4 cm³/mol. The van der Waals surface area contributed by atoms with Gasteiger partial charge >= 0.3 is 12.4 Å². The molecule has 0 aromatic carbocycles. The van der Waals surface area contributed by atoms with Gasteiger partial charge in [-0.25, -0.2) is 0 Å². The zero-order chi connectivity index (χ0) is 14.8. The Hall–Kier alpha value is -0.900. The molecular formula is C9H10F6N2OS. The zero-order valence-corrected chi connectivity index (χ0v) is 10.4. The van der Waals surface area contributed by atoms with Crippen LogP contribution in [0.1, 0.15) is 11.3 Å². The number of nitrogens with zero attached hydrogens (tertiary/aromatic N) is 2. The quantitative estimate of drug-likeness (QED) is 0.869. The van der Waals surface area contributed by atoms with Gasteiger partial charge in [-0.15, -0.1) is 0 Å². The fourth-order valence-electron chi connectivity index (χ4n) is 1.33. The number of hydrogen-bond acceptors (Lipinski definition) is 3. The fraction of sp³-hybridized carbons (Fsp3) is 0.667. The third-order valence-electron chi connectivity index (χ3n) is 2.19. The van der Waals surface area contributed by atoms with Crippen molar-refractivity contribution < 1.29 is 31.4 Å². The summed E-state index contributed by atoms with van der Waals surface area (Å²) < 4.78 is 74.4. The van der Waals surface area contributed by atoms with Crippen molar-refractivity contribution in [2.24, 2.45) is 7.05 Å². The molecule has 0 aliphatic carbocycles. The second-order valence-electron chi connectivity index (χ2n) is 3.71. The van der Waals surface area contributed by atoms with Crippen LogP contribution in [-0.2, 0) is 19.0 Å². The first kappa shape index (κ1) is 16.2. The van der Waals surface area contributed by atoms with Crippen LogP contribution in [0.4, 0.5) is 26.3 Å². The number of aliphatic hydroxyl groups is 1. The Balaban J connectivity index is 2.65. The van der Waals surface area contributed by atoms with Gasteiger partial charge in [-0.05, 0) is 0 Å². The van der Waals surface area contributed by atoms with Crippen LogP contribution in [0, 0.1) is 0 Å². The van der Waals surface area contributed by atoms with Gasteiger partial charge in [0.25, 0.3) is 0 Å². The lowest BCUT2D eigenvalue weighted by molar-refractivity contribution is -0.195. The topological polar surface area (TPSA) is 38.0 Å². The van der Waals surface area contributed by atoms with E-state index in [1.165, 1.54) is 0 Å². The summed E-state index contributed by atoms with van der Waals surface area (Å²) in [7, 11) is 1.10. The van der Waals surface area contributed by atoms with Gasteiger partial charge in [-0.3, -0.25) is 4.68 Å². The lowest BCUT2D eigenvalue weighted by Crippen LogP contribution is -2.30. The van der Waals surface area contributed by atoms with Crippen LogP contribution in [0.3, 0.4) is 0 Å². The Bertz CT molecular complexity index is 427. The minimum Gasteiger partial charge on any atom is -0.383 e. The van der Waals surface area contributed by atoms with Crippen molar-refractivity contribution in [3.05, 3.63) is 17.5 Å². The fourth-order valence-corrected chi connectivity index (χ4v) is 2.29. The first-order valence-corrected chi connectivity index (χ1v) is 6.09. The Morgan fingerprint density at radius 3 is 2.37 bits per heavy atom. The lowest BCUT2D eigenvalue weighted by atomic mass is 10.3. The summed E-state index contributed by atoms with van der Waals surface area (Å²) in [4.78, 5) is 0. The predicted octanol–water partition coefficient (Wildman–Crippen LogP) is 2.60. The van der Waals surface area contributed by atoms with E-state index < -0.39 is 29.9 Å².